The van der Waals surface area contributed by atoms with E-state index in [-0.39, 0.29) is 0 Å². The van der Waals surface area contributed by atoms with Gasteiger partial charge in [-0.2, -0.15) is 0 Å². The third-order valence-corrected chi connectivity index (χ3v) is 2.50. The lowest BCUT2D eigenvalue weighted by atomic mass is 10.2. The molecule has 1 aliphatic rings. The van der Waals surface area contributed by atoms with Crippen LogP contribution in [0.25, 0.3) is 0 Å². The second-order valence-electron chi connectivity index (χ2n) is 3.57. The minimum Gasteiger partial charge on any atom is -0.389 e. The Morgan fingerprint density at radius 1 is 1.40 bits per heavy atom. The maximum Gasteiger partial charge on any atom is 0.153 e. The van der Waals surface area contributed by atoms with E-state index in [4.69, 9.17) is 0 Å². The SMILES string of the molecule is O=Cc1cccnc1N1C[C@@H](O)[C@@H](O)C1. The Morgan fingerprint density at radius 2 is 2.07 bits per heavy atom. The molecule has 5 heteroatoms. The van der Waals surface area contributed by atoms with Crippen LogP contribution >= 0.6 is 0 Å². The van der Waals surface area contributed by atoms with Crippen molar-refractivity contribution in [1.29, 1.82) is 0 Å². The fourth-order valence-electron chi connectivity index (χ4n) is 1.71. The first-order chi connectivity index (χ1) is 7.22. The zero-order valence-electron chi connectivity index (χ0n) is 8.08. The predicted octanol–water partition coefficient (Wildman–Crippen LogP) is -0.564. The summed E-state index contributed by atoms with van der Waals surface area (Å²) < 4.78 is 0. The highest BCUT2D eigenvalue weighted by molar-refractivity contribution is 5.82. The van der Waals surface area contributed by atoms with E-state index in [2.05, 4.69) is 4.98 Å². The molecule has 2 atom stereocenters. The second kappa shape index (κ2) is 3.96. The molecule has 15 heavy (non-hydrogen) atoms. The molecule has 2 rings (SSSR count). The number of pyridine rings is 1. The summed E-state index contributed by atoms with van der Waals surface area (Å²) in [6, 6.07) is 3.34. The summed E-state index contributed by atoms with van der Waals surface area (Å²) in [5.74, 6) is 0.517. The summed E-state index contributed by atoms with van der Waals surface area (Å²) in [4.78, 5) is 16.5. The number of aliphatic hydroxyl groups is 2. The van der Waals surface area contributed by atoms with E-state index in [1.807, 2.05) is 0 Å². The van der Waals surface area contributed by atoms with E-state index in [0.717, 1.165) is 6.29 Å². The van der Waals surface area contributed by atoms with E-state index >= 15 is 0 Å². The summed E-state index contributed by atoms with van der Waals surface area (Å²) in [7, 11) is 0. The van der Waals surface area contributed by atoms with Gasteiger partial charge < -0.3 is 15.1 Å². The van der Waals surface area contributed by atoms with Gasteiger partial charge in [-0.3, -0.25) is 4.79 Å². The monoisotopic (exact) mass is 208 g/mol. The number of nitrogens with zero attached hydrogens (tertiary/aromatic N) is 2. The Kier molecular flexibility index (Phi) is 2.66. The summed E-state index contributed by atoms with van der Waals surface area (Å²) in [5.41, 5.74) is 0.471. The van der Waals surface area contributed by atoms with Crippen LogP contribution in [0.5, 0.6) is 0 Å². The number of β-amino-alcohol motifs (C(OH)–C–C–N with tert-alkyl or cyclic N) is 2. The number of aldehydes is 1. The standard InChI is InChI=1S/C10H12N2O3/c13-6-7-2-1-3-11-10(7)12-4-8(14)9(15)5-12/h1-3,6,8-9,14-15H,4-5H2/t8-,9+. The first kappa shape index (κ1) is 10.1. The van der Waals surface area contributed by atoms with E-state index in [1.54, 1.807) is 23.2 Å². The molecular formula is C10H12N2O3. The van der Waals surface area contributed by atoms with E-state index < -0.39 is 12.2 Å². The third kappa shape index (κ3) is 1.84. The molecule has 1 fully saturated rings. The Hall–Kier alpha value is -1.46. The number of carbonyl (C=O) groups excluding carboxylic acids is 1. The van der Waals surface area contributed by atoms with Crippen LogP contribution in [0.1, 0.15) is 10.4 Å². The molecule has 0 bridgehead atoms. The molecule has 0 saturated carbocycles. The maximum atomic E-state index is 10.8. The van der Waals surface area contributed by atoms with Gasteiger partial charge >= 0.3 is 0 Å². The van der Waals surface area contributed by atoms with Crippen LogP contribution in [0.4, 0.5) is 5.82 Å². The van der Waals surface area contributed by atoms with Gasteiger partial charge in [0.25, 0.3) is 0 Å². The maximum absolute atomic E-state index is 10.8. The molecule has 0 amide bonds. The van der Waals surface area contributed by atoms with Crippen LogP contribution in [-0.4, -0.2) is 46.8 Å². The normalized spacial score (nSPS) is 25.6. The smallest absolute Gasteiger partial charge is 0.153 e. The van der Waals surface area contributed by atoms with Gasteiger partial charge in [-0.25, -0.2) is 4.98 Å². The molecule has 2 N–H and O–H groups in total. The van der Waals surface area contributed by atoms with E-state index in [0.29, 0.717) is 24.5 Å². The molecule has 0 radical (unpaired) electrons. The molecule has 1 aromatic rings. The van der Waals surface area contributed by atoms with Gasteiger partial charge in [0.05, 0.1) is 17.8 Å². The summed E-state index contributed by atoms with van der Waals surface area (Å²) in [5, 5.41) is 18.8. The average Bonchev–Trinajstić information content (AvgIpc) is 2.59. The highest BCUT2D eigenvalue weighted by Gasteiger charge is 2.31. The van der Waals surface area contributed by atoms with Gasteiger partial charge in [-0.05, 0) is 12.1 Å². The molecule has 0 aromatic carbocycles. The highest BCUT2D eigenvalue weighted by Crippen LogP contribution is 2.20. The second-order valence-corrected chi connectivity index (χ2v) is 3.57. The van der Waals surface area contributed by atoms with Crippen LogP contribution in [-0.2, 0) is 0 Å². The lowest BCUT2D eigenvalue weighted by molar-refractivity contribution is 0.0572. The summed E-state index contributed by atoms with van der Waals surface area (Å²) in [6.07, 6.45) is 0.761. The van der Waals surface area contributed by atoms with Crippen molar-refractivity contribution in [3.05, 3.63) is 23.9 Å². The van der Waals surface area contributed by atoms with Crippen molar-refractivity contribution in [2.45, 2.75) is 12.2 Å². The molecule has 1 aliphatic heterocycles. The lowest BCUT2D eigenvalue weighted by Crippen LogP contribution is -2.23. The first-order valence-corrected chi connectivity index (χ1v) is 4.73. The number of carbonyl (C=O) groups is 1. The van der Waals surface area contributed by atoms with Crippen molar-refractivity contribution in [2.24, 2.45) is 0 Å². The van der Waals surface area contributed by atoms with Gasteiger partial charge in [0, 0.05) is 19.3 Å². The number of rotatable bonds is 2. The Bertz CT molecular complexity index is 359. The number of anilines is 1. The molecule has 0 unspecified atom stereocenters. The van der Waals surface area contributed by atoms with Crippen molar-refractivity contribution >= 4 is 12.1 Å². The molecule has 0 spiro atoms. The molecule has 2 heterocycles. The molecule has 0 aliphatic carbocycles. The number of hydrogen-bond acceptors (Lipinski definition) is 5. The van der Waals surface area contributed by atoms with Gasteiger partial charge in [-0.15, -0.1) is 0 Å². The van der Waals surface area contributed by atoms with Crippen LogP contribution in [0.15, 0.2) is 18.3 Å². The van der Waals surface area contributed by atoms with Gasteiger partial charge in [-0.1, -0.05) is 0 Å². The molecule has 5 nitrogen and oxygen atoms in total. The van der Waals surface area contributed by atoms with Gasteiger partial charge in [0.15, 0.2) is 6.29 Å². The van der Waals surface area contributed by atoms with E-state index in [1.165, 1.54) is 0 Å². The Labute approximate surface area is 87.0 Å². The Morgan fingerprint density at radius 3 is 2.67 bits per heavy atom. The number of hydrogen-bond donors (Lipinski definition) is 2. The zero-order valence-corrected chi connectivity index (χ0v) is 8.08. The fraction of sp³-hybridized carbons (Fsp3) is 0.400. The largest absolute Gasteiger partial charge is 0.389 e. The minimum absolute atomic E-state index is 0.305. The highest BCUT2D eigenvalue weighted by atomic mass is 16.3. The van der Waals surface area contributed by atoms with Gasteiger partial charge in [0.1, 0.15) is 5.82 Å². The number of aromatic nitrogens is 1. The summed E-state index contributed by atoms with van der Waals surface area (Å²) >= 11 is 0. The molecule has 80 valence electrons. The lowest BCUT2D eigenvalue weighted by Gasteiger charge is -2.17. The first-order valence-electron chi connectivity index (χ1n) is 4.73. The third-order valence-electron chi connectivity index (χ3n) is 2.50. The summed E-state index contributed by atoms with van der Waals surface area (Å²) in [6.45, 7) is 0.609. The van der Waals surface area contributed by atoms with Crippen LogP contribution < -0.4 is 4.90 Å². The van der Waals surface area contributed by atoms with Crippen molar-refractivity contribution in [1.82, 2.24) is 4.98 Å². The van der Waals surface area contributed by atoms with Crippen molar-refractivity contribution in [3.63, 3.8) is 0 Å². The zero-order chi connectivity index (χ0) is 10.8. The quantitative estimate of drug-likeness (QED) is 0.637. The Balaban J connectivity index is 2.27. The predicted molar refractivity (Wildman–Crippen MR) is 53.9 cm³/mol. The molecule has 1 aromatic heterocycles. The van der Waals surface area contributed by atoms with Crippen molar-refractivity contribution in [3.8, 4) is 0 Å². The fourth-order valence-corrected chi connectivity index (χ4v) is 1.71. The van der Waals surface area contributed by atoms with Gasteiger partial charge in [0.2, 0.25) is 0 Å². The minimum atomic E-state index is -0.772. The topological polar surface area (TPSA) is 73.7 Å². The van der Waals surface area contributed by atoms with Crippen LogP contribution in [0, 0.1) is 0 Å². The molecular weight excluding hydrogens is 196 g/mol. The van der Waals surface area contributed by atoms with Crippen LogP contribution in [0.3, 0.4) is 0 Å². The van der Waals surface area contributed by atoms with E-state index in [9.17, 15) is 15.0 Å². The number of aliphatic hydroxyl groups excluding tert-OH is 2. The van der Waals surface area contributed by atoms with Crippen molar-refractivity contribution < 1.29 is 15.0 Å². The molecule has 1 saturated heterocycles. The van der Waals surface area contributed by atoms with Crippen LogP contribution in [0.2, 0.25) is 0 Å². The van der Waals surface area contributed by atoms with Crippen molar-refractivity contribution in [2.75, 3.05) is 18.0 Å². The average molecular weight is 208 g/mol.